The summed E-state index contributed by atoms with van der Waals surface area (Å²) in [6.07, 6.45) is -0.182. The number of halogens is 1. The zero-order chi connectivity index (χ0) is 18.3. The second-order valence-corrected chi connectivity index (χ2v) is 7.92. The van der Waals surface area contributed by atoms with Crippen molar-refractivity contribution in [3.05, 3.63) is 59.7 Å². The molecule has 0 fully saturated rings. The second kappa shape index (κ2) is 9.33. The Labute approximate surface area is 157 Å². The first-order valence-corrected chi connectivity index (χ1v) is 10.4. The zero-order valence-electron chi connectivity index (χ0n) is 14.2. The van der Waals surface area contributed by atoms with Crippen LogP contribution in [0.15, 0.2) is 53.4 Å². The van der Waals surface area contributed by atoms with Crippen LogP contribution in [-0.4, -0.2) is 34.0 Å². The third kappa shape index (κ3) is 5.81. The van der Waals surface area contributed by atoms with Gasteiger partial charge in [-0.25, -0.2) is 13.1 Å². The molecule has 5 nitrogen and oxygen atoms in total. The molecule has 25 heavy (non-hydrogen) atoms. The molecule has 0 saturated heterocycles. The van der Waals surface area contributed by atoms with Gasteiger partial charge in [0.15, 0.2) is 0 Å². The van der Waals surface area contributed by atoms with Crippen LogP contribution < -0.4 is 9.46 Å². The SMILES string of the molecule is COc1cccc(C(CBr)OCCNS(=O)(=O)c2ccc(C)cc2)c1. The fourth-order valence-electron chi connectivity index (χ4n) is 2.25. The number of methoxy groups -OCH3 is 1. The van der Waals surface area contributed by atoms with E-state index in [4.69, 9.17) is 9.47 Å². The third-order valence-corrected chi connectivity index (χ3v) is 5.72. The van der Waals surface area contributed by atoms with Gasteiger partial charge in [0, 0.05) is 11.9 Å². The molecule has 136 valence electrons. The van der Waals surface area contributed by atoms with E-state index in [1.165, 1.54) is 0 Å². The van der Waals surface area contributed by atoms with E-state index in [1.54, 1.807) is 31.4 Å². The van der Waals surface area contributed by atoms with Gasteiger partial charge in [0.1, 0.15) is 5.75 Å². The number of aryl methyl sites for hydroxylation is 1. The highest BCUT2D eigenvalue weighted by Crippen LogP contribution is 2.23. The summed E-state index contributed by atoms with van der Waals surface area (Å²) in [6, 6.07) is 14.3. The first-order valence-electron chi connectivity index (χ1n) is 7.84. The van der Waals surface area contributed by atoms with E-state index in [0.717, 1.165) is 16.9 Å². The normalized spacial score (nSPS) is 12.8. The highest BCUT2D eigenvalue weighted by atomic mass is 79.9. The van der Waals surface area contributed by atoms with E-state index in [0.29, 0.717) is 5.33 Å². The number of alkyl halides is 1. The molecule has 0 heterocycles. The zero-order valence-corrected chi connectivity index (χ0v) is 16.6. The number of ether oxygens (including phenoxy) is 2. The molecule has 0 bridgehead atoms. The van der Waals surface area contributed by atoms with E-state index < -0.39 is 10.0 Å². The van der Waals surface area contributed by atoms with Gasteiger partial charge in [-0.15, -0.1) is 0 Å². The molecule has 2 aromatic carbocycles. The molecule has 1 unspecified atom stereocenters. The predicted molar refractivity (Wildman–Crippen MR) is 102 cm³/mol. The van der Waals surface area contributed by atoms with Crippen LogP contribution in [0, 0.1) is 6.92 Å². The molecule has 0 aromatic heterocycles. The smallest absolute Gasteiger partial charge is 0.240 e. The Morgan fingerprint density at radius 1 is 1.16 bits per heavy atom. The first kappa shape index (κ1) is 19.9. The summed E-state index contributed by atoms with van der Waals surface area (Å²) >= 11 is 3.43. The second-order valence-electron chi connectivity index (χ2n) is 5.50. The Kier molecular flexibility index (Phi) is 7.43. The van der Waals surface area contributed by atoms with Crippen LogP contribution in [-0.2, 0) is 14.8 Å². The molecule has 0 amide bonds. The molecule has 0 saturated carbocycles. The molecule has 0 spiro atoms. The lowest BCUT2D eigenvalue weighted by atomic mass is 10.1. The minimum atomic E-state index is -3.52. The summed E-state index contributed by atoms with van der Waals surface area (Å²) in [6.45, 7) is 2.37. The van der Waals surface area contributed by atoms with Gasteiger partial charge in [-0.3, -0.25) is 0 Å². The van der Waals surface area contributed by atoms with Crippen molar-refractivity contribution in [2.45, 2.75) is 17.9 Å². The Hall–Kier alpha value is -1.41. The number of sulfonamides is 1. The standard InChI is InChI=1S/C18H22BrNO4S/c1-14-6-8-17(9-7-14)25(21,22)20-10-11-24-18(13-19)15-4-3-5-16(12-15)23-2/h3-9,12,18,20H,10-11,13H2,1-2H3. The molecule has 0 aliphatic heterocycles. The van der Waals surface area contributed by atoms with Crippen molar-refractivity contribution in [1.82, 2.24) is 4.72 Å². The van der Waals surface area contributed by atoms with E-state index >= 15 is 0 Å². The highest BCUT2D eigenvalue weighted by Gasteiger charge is 2.15. The van der Waals surface area contributed by atoms with Crippen molar-refractivity contribution in [3.8, 4) is 5.75 Å². The monoisotopic (exact) mass is 427 g/mol. The Morgan fingerprint density at radius 3 is 2.52 bits per heavy atom. The number of hydrogen-bond acceptors (Lipinski definition) is 4. The molecule has 2 aromatic rings. The number of benzene rings is 2. The van der Waals surface area contributed by atoms with Gasteiger partial charge in [0.25, 0.3) is 0 Å². The predicted octanol–water partition coefficient (Wildman–Crippen LogP) is 3.43. The van der Waals surface area contributed by atoms with Gasteiger partial charge in [0.2, 0.25) is 10.0 Å². The minimum Gasteiger partial charge on any atom is -0.497 e. The van der Waals surface area contributed by atoms with Gasteiger partial charge in [-0.1, -0.05) is 45.8 Å². The van der Waals surface area contributed by atoms with Gasteiger partial charge < -0.3 is 9.47 Å². The highest BCUT2D eigenvalue weighted by molar-refractivity contribution is 9.09. The average Bonchev–Trinajstić information content (AvgIpc) is 2.62. The molecule has 1 N–H and O–H groups in total. The van der Waals surface area contributed by atoms with E-state index in [1.807, 2.05) is 31.2 Å². The molecule has 0 aliphatic carbocycles. The molecule has 0 aliphatic rings. The minimum absolute atomic E-state index is 0.182. The fourth-order valence-corrected chi connectivity index (χ4v) is 3.82. The largest absolute Gasteiger partial charge is 0.497 e. The molecule has 1 atom stereocenters. The van der Waals surface area contributed by atoms with E-state index in [2.05, 4.69) is 20.7 Å². The lowest BCUT2D eigenvalue weighted by Gasteiger charge is -2.17. The van der Waals surface area contributed by atoms with E-state index in [-0.39, 0.29) is 24.2 Å². The molecule has 7 heteroatoms. The topological polar surface area (TPSA) is 64.6 Å². The third-order valence-electron chi connectivity index (χ3n) is 3.65. The van der Waals surface area contributed by atoms with Crippen LogP contribution in [0.3, 0.4) is 0 Å². The van der Waals surface area contributed by atoms with E-state index in [9.17, 15) is 8.42 Å². The maximum Gasteiger partial charge on any atom is 0.240 e. The van der Waals surface area contributed by atoms with Crippen molar-refractivity contribution in [2.75, 3.05) is 25.6 Å². The summed E-state index contributed by atoms with van der Waals surface area (Å²) in [5.74, 6) is 0.757. The summed E-state index contributed by atoms with van der Waals surface area (Å²) in [5, 5.41) is 0.602. The van der Waals surface area contributed by atoms with Crippen molar-refractivity contribution >= 4 is 26.0 Å². The number of hydrogen-bond donors (Lipinski definition) is 1. The Bertz CT molecular complexity index is 778. The van der Waals surface area contributed by atoms with Crippen LogP contribution in [0.4, 0.5) is 0 Å². The number of rotatable bonds is 9. The summed E-state index contributed by atoms with van der Waals surface area (Å²) in [5.41, 5.74) is 1.98. The average molecular weight is 428 g/mol. The van der Waals surface area contributed by atoms with Gasteiger partial charge in [-0.2, -0.15) is 0 Å². The maximum absolute atomic E-state index is 12.2. The van der Waals surface area contributed by atoms with Crippen molar-refractivity contribution in [1.29, 1.82) is 0 Å². The number of nitrogens with one attached hydrogen (secondary N) is 1. The molecule has 2 rings (SSSR count). The lowest BCUT2D eigenvalue weighted by molar-refractivity contribution is 0.0741. The molecular formula is C18H22BrNO4S. The Morgan fingerprint density at radius 2 is 1.88 bits per heavy atom. The van der Waals surface area contributed by atoms with Crippen LogP contribution in [0.25, 0.3) is 0 Å². The van der Waals surface area contributed by atoms with Crippen molar-refractivity contribution in [2.24, 2.45) is 0 Å². The van der Waals surface area contributed by atoms with Crippen LogP contribution in [0.2, 0.25) is 0 Å². The van der Waals surface area contributed by atoms with Crippen molar-refractivity contribution < 1.29 is 17.9 Å². The first-order chi connectivity index (χ1) is 12.0. The van der Waals surface area contributed by atoms with Gasteiger partial charge in [-0.05, 0) is 36.8 Å². The van der Waals surface area contributed by atoms with Crippen molar-refractivity contribution in [3.63, 3.8) is 0 Å². The summed E-state index contributed by atoms with van der Waals surface area (Å²) < 4.78 is 38.0. The fraction of sp³-hybridized carbons (Fsp3) is 0.333. The molecule has 0 radical (unpaired) electrons. The maximum atomic E-state index is 12.2. The lowest BCUT2D eigenvalue weighted by Crippen LogP contribution is -2.28. The van der Waals surface area contributed by atoms with Crippen LogP contribution in [0.1, 0.15) is 17.2 Å². The summed E-state index contributed by atoms with van der Waals surface area (Å²) in [7, 11) is -1.90. The van der Waals surface area contributed by atoms with Gasteiger partial charge >= 0.3 is 0 Å². The van der Waals surface area contributed by atoms with Gasteiger partial charge in [0.05, 0.1) is 24.7 Å². The van der Waals surface area contributed by atoms with Crippen LogP contribution in [0.5, 0.6) is 5.75 Å². The Balaban J connectivity index is 1.89. The van der Waals surface area contributed by atoms with Crippen LogP contribution >= 0.6 is 15.9 Å². The molecular weight excluding hydrogens is 406 g/mol. The summed E-state index contributed by atoms with van der Waals surface area (Å²) in [4.78, 5) is 0.253. The quantitative estimate of drug-likeness (QED) is 0.491.